The molecule has 0 spiro atoms. The zero-order valence-electron chi connectivity index (χ0n) is 17.5. The molecule has 152 valence electrons. The zero-order chi connectivity index (χ0) is 21.6. The molecule has 2 heteroatoms. The van der Waals surface area contributed by atoms with Gasteiger partial charge in [0.25, 0.3) is 0 Å². The Hall–Kier alpha value is -3.91. The summed E-state index contributed by atoms with van der Waals surface area (Å²) in [6.07, 6.45) is 1.81. The molecule has 0 radical (unpaired) electrons. The van der Waals surface area contributed by atoms with Gasteiger partial charge in [-0.25, -0.2) is 0 Å². The van der Waals surface area contributed by atoms with E-state index in [4.69, 9.17) is 4.74 Å². The quantitative estimate of drug-likeness (QED) is 0.302. The van der Waals surface area contributed by atoms with E-state index >= 15 is 0 Å². The van der Waals surface area contributed by atoms with Crippen LogP contribution >= 0.6 is 0 Å². The molecule has 4 aromatic rings. The number of para-hydroxylation sites is 1. The van der Waals surface area contributed by atoms with E-state index in [0.717, 1.165) is 33.6 Å². The number of benzene rings is 4. The fourth-order valence-corrected chi connectivity index (χ4v) is 3.67. The monoisotopic (exact) mass is 404 g/mol. The van der Waals surface area contributed by atoms with Gasteiger partial charge in [0.2, 0.25) is 0 Å². The van der Waals surface area contributed by atoms with Crippen LogP contribution in [-0.2, 0) is 0 Å². The van der Waals surface area contributed by atoms with Gasteiger partial charge in [0.15, 0.2) is 5.78 Å². The first-order valence-electron chi connectivity index (χ1n) is 10.4. The summed E-state index contributed by atoms with van der Waals surface area (Å²) < 4.78 is 5.75. The van der Waals surface area contributed by atoms with Gasteiger partial charge < -0.3 is 4.74 Å². The molecule has 0 atom stereocenters. The highest BCUT2D eigenvalue weighted by Gasteiger charge is 2.15. The Kier molecular flexibility index (Phi) is 6.09. The number of carbonyl (C=O) groups excluding carboxylic acids is 1. The second-order valence-corrected chi connectivity index (χ2v) is 7.21. The predicted octanol–water partition coefficient (Wildman–Crippen LogP) is 7.29. The summed E-state index contributed by atoms with van der Waals surface area (Å²) in [4.78, 5) is 13.3. The van der Waals surface area contributed by atoms with Crippen LogP contribution in [0.4, 0.5) is 0 Å². The molecule has 4 aromatic carbocycles. The molecular weight excluding hydrogens is 380 g/mol. The van der Waals surface area contributed by atoms with E-state index in [1.807, 2.05) is 110 Å². The first-order valence-corrected chi connectivity index (χ1v) is 10.4. The summed E-state index contributed by atoms with van der Waals surface area (Å²) in [7, 11) is 0. The molecule has 0 aliphatic carbocycles. The van der Waals surface area contributed by atoms with Crippen LogP contribution in [0.5, 0.6) is 5.75 Å². The Morgan fingerprint density at radius 3 is 2.03 bits per heavy atom. The smallest absolute Gasteiger partial charge is 0.193 e. The maximum absolute atomic E-state index is 13.3. The largest absolute Gasteiger partial charge is 0.493 e. The average molecular weight is 405 g/mol. The lowest BCUT2D eigenvalue weighted by Gasteiger charge is -2.12. The Morgan fingerprint density at radius 2 is 1.35 bits per heavy atom. The van der Waals surface area contributed by atoms with Gasteiger partial charge in [0.05, 0.1) is 6.61 Å². The maximum atomic E-state index is 13.3. The Morgan fingerprint density at radius 1 is 0.774 bits per heavy atom. The second kappa shape index (κ2) is 9.27. The molecule has 4 rings (SSSR count). The first kappa shape index (κ1) is 20.4. The molecule has 0 aliphatic heterocycles. The highest BCUT2D eigenvalue weighted by atomic mass is 16.5. The molecule has 0 amide bonds. The first-order chi connectivity index (χ1) is 15.2. The van der Waals surface area contributed by atoms with Crippen molar-refractivity contribution in [1.29, 1.82) is 0 Å². The van der Waals surface area contributed by atoms with Crippen molar-refractivity contribution in [3.63, 3.8) is 0 Å². The zero-order valence-corrected chi connectivity index (χ0v) is 17.5. The van der Waals surface area contributed by atoms with Crippen molar-refractivity contribution in [2.45, 2.75) is 6.92 Å². The molecule has 0 saturated carbocycles. The van der Waals surface area contributed by atoms with E-state index in [-0.39, 0.29) is 5.78 Å². The molecule has 0 aromatic heterocycles. The van der Waals surface area contributed by atoms with Crippen molar-refractivity contribution in [3.8, 4) is 28.0 Å². The predicted molar refractivity (Wildman–Crippen MR) is 128 cm³/mol. The average Bonchev–Trinajstić information content (AvgIpc) is 2.84. The minimum absolute atomic E-state index is 0.00744. The molecule has 0 aliphatic rings. The minimum atomic E-state index is 0.00744. The third kappa shape index (κ3) is 4.34. The van der Waals surface area contributed by atoms with E-state index < -0.39 is 0 Å². The van der Waals surface area contributed by atoms with Crippen molar-refractivity contribution >= 4 is 11.9 Å². The third-order valence-corrected chi connectivity index (χ3v) is 5.27. The van der Waals surface area contributed by atoms with E-state index in [2.05, 4.69) is 6.58 Å². The van der Waals surface area contributed by atoms with Crippen LogP contribution < -0.4 is 4.74 Å². The minimum Gasteiger partial charge on any atom is -0.493 e. The maximum Gasteiger partial charge on any atom is 0.193 e. The lowest BCUT2D eigenvalue weighted by molar-refractivity contribution is 0.103. The summed E-state index contributed by atoms with van der Waals surface area (Å²) in [5.74, 6) is 0.852. The highest BCUT2D eigenvalue weighted by molar-refractivity contribution is 6.13. The molecule has 31 heavy (non-hydrogen) atoms. The molecule has 0 bridgehead atoms. The van der Waals surface area contributed by atoms with Crippen LogP contribution in [0.1, 0.15) is 28.4 Å². The lowest BCUT2D eigenvalue weighted by Crippen LogP contribution is -2.03. The van der Waals surface area contributed by atoms with Crippen LogP contribution in [0.3, 0.4) is 0 Å². The van der Waals surface area contributed by atoms with Crippen molar-refractivity contribution < 1.29 is 9.53 Å². The van der Waals surface area contributed by atoms with E-state index in [9.17, 15) is 4.79 Å². The number of carbonyl (C=O) groups is 1. The van der Waals surface area contributed by atoms with Gasteiger partial charge in [-0.2, -0.15) is 0 Å². The number of rotatable bonds is 7. The molecule has 0 unspecified atom stereocenters. The van der Waals surface area contributed by atoms with Crippen LogP contribution in [0.25, 0.3) is 28.3 Å². The fourth-order valence-electron chi connectivity index (χ4n) is 3.67. The number of hydrogen-bond donors (Lipinski definition) is 0. The molecule has 0 N–H and O–H groups in total. The summed E-state index contributed by atoms with van der Waals surface area (Å²) in [5.41, 5.74) is 6.38. The SMILES string of the molecule is C=Cc1ccc(-c2ccccc2C(=O)c2ccc(-c3ccccc3OCC)cc2)cc1. The Balaban J connectivity index is 1.66. The van der Waals surface area contributed by atoms with Gasteiger partial charge in [-0.05, 0) is 35.2 Å². The number of ether oxygens (including phenoxy) is 1. The van der Waals surface area contributed by atoms with E-state index in [1.165, 1.54) is 0 Å². The van der Waals surface area contributed by atoms with Gasteiger partial charge in [-0.1, -0.05) is 104 Å². The van der Waals surface area contributed by atoms with Crippen LogP contribution in [0.2, 0.25) is 0 Å². The van der Waals surface area contributed by atoms with Crippen molar-refractivity contribution in [2.24, 2.45) is 0 Å². The van der Waals surface area contributed by atoms with Crippen LogP contribution in [0, 0.1) is 0 Å². The van der Waals surface area contributed by atoms with E-state index in [0.29, 0.717) is 17.7 Å². The number of ketones is 1. The van der Waals surface area contributed by atoms with Crippen LogP contribution in [0.15, 0.2) is 104 Å². The van der Waals surface area contributed by atoms with E-state index in [1.54, 1.807) is 0 Å². The summed E-state index contributed by atoms with van der Waals surface area (Å²) in [6.45, 7) is 6.38. The van der Waals surface area contributed by atoms with Crippen molar-refractivity contribution in [2.75, 3.05) is 6.61 Å². The molecule has 0 saturated heterocycles. The molecule has 2 nitrogen and oxygen atoms in total. The van der Waals surface area contributed by atoms with Gasteiger partial charge in [0.1, 0.15) is 5.75 Å². The Labute approximate surface area is 183 Å². The van der Waals surface area contributed by atoms with Crippen molar-refractivity contribution in [1.82, 2.24) is 0 Å². The third-order valence-electron chi connectivity index (χ3n) is 5.27. The summed E-state index contributed by atoms with van der Waals surface area (Å²) >= 11 is 0. The molecule has 0 heterocycles. The molecule has 0 fully saturated rings. The summed E-state index contributed by atoms with van der Waals surface area (Å²) in [5, 5.41) is 0. The summed E-state index contributed by atoms with van der Waals surface area (Å²) in [6, 6.07) is 31.5. The standard InChI is InChI=1S/C29H24O2/c1-3-21-13-15-22(16-14-21)25-9-5-6-11-27(25)29(30)24-19-17-23(18-20-24)26-10-7-8-12-28(26)31-4-2/h3,5-20H,1,4H2,2H3. The lowest BCUT2D eigenvalue weighted by atomic mass is 9.92. The van der Waals surface area contributed by atoms with Gasteiger partial charge >= 0.3 is 0 Å². The van der Waals surface area contributed by atoms with Gasteiger partial charge in [-0.3, -0.25) is 4.79 Å². The van der Waals surface area contributed by atoms with Gasteiger partial charge in [-0.15, -0.1) is 0 Å². The normalized spacial score (nSPS) is 10.5. The molecular formula is C29H24O2. The van der Waals surface area contributed by atoms with Crippen molar-refractivity contribution in [3.05, 3.63) is 120 Å². The second-order valence-electron chi connectivity index (χ2n) is 7.21. The van der Waals surface area contributed by atoms with Gasteiger partial charge in [0, 0.05) is 16.7 Å². The Bertz CT molecular complexity index is 1200. The highest BCUT2D eigenvalue weighted by Crippen LogP contribution is 2.31. The number of hydrogen-bond acceptors (Lipinski definition) is 2. The fraction of sp³-hybridized carbons (Fsp3) is 0.0690. The topological polar surface area (TPSA) is 26.3 Å². The van der Waals surface area contributed by atoms with Crippen LogP contribution in [-0.4, -0.2) is 12.4 Å².